The molecule has 2 heterocycles. The minimum atomic E-state index is -4.18. The highest BCUT2D eigenvalue weighted by Gasteiger charge is 2.59. The number of hydrogen-bond acceptors (Lipinski definition) is 5. The molecule has 0 aromatic heterocycles. The Balaban J connectivity index is 1.96. The van der Waals surface area contributed by atoms with Crippen molar-refractivity contribution in [2.75, 3.05) is 6.61 Å². The average molecular weight is 439 g/mol. The van der Waals surface area contributed by atoms with Gasteiger partial charge in [-0.15, -0.1) is 0 Å². The summed E-state index contributed by atoms with van der Waals surface area (Å²) < 4.78 is 60.9. The minimum Gasteiger partial charge on any atom is -0.488 e. The molecule has 0 spiro atoms. The van der Waals surface area contributed by atoms with Crippen LogP contribution < -0.4 is 10.1 Å². The van der Waals surface area contributed by atoms with E-state index in [1.54, 1.807) is 0 Å². The first kappa shape index (κ1) is 20.1. The molecule has 1 saturated heterocycles. The van der Waals surface area contributed by atoms with Crippen molar-refractivity contribution in [2.45, 2.75) is 41.0 Å². The largest absolute Gasteiger partial charge is 0.488 e. The normalized spacial score (nSPS) is 26.0. The number of hydrogen-bond donors (Lipinski definition) is 1. The third-order valence-electron chi connectivity index (χ3n) is 5.68. The van der Waals surface area contributed by atoms with Gasteiger partial charge >= 0.3 is 0 Å². The molecule has 2 aliphatic heterocycles. The summed E-state index contributed by atoms with van der Waals surface area (Å²) in [6.45, 7) is -0.165. The second kappa shape index (κ2) is 7.24. The Bertz CT molecular complexity index is 1100. The maximum atomic E-state index is 15.0. The maximum Gasteiger partial charge on any atom is 0.190 e. The van der Waals surface area contributed by atoms with Crippen molar-refractivity contribution < 1.29 is 21.9 Å². The molecule has 1 fully saturated rings. The van der Waals surface area contributed by atoms with E-state index in [1.807, 2.05) is 0 Å². The van der Waals surface area contributed by atoms with Crippen LogP contribution in [-0.4, -0.2) is 27.1 Å². The Morgan fingerprint density at radius 1 is 1.21 bits per heavy atom. The van der Waals surface area contributed by atoms with Crippen LogP contribution in [0.4, 0.5) is 8.78 Å². The zero-order valence-corrected chi connectivity index (χ0v) is 16.7. The van der Waals surface area contributed by atoms with E-state index in [-0.39, 0.29) is 41.7 Å². The second-order valence-corrected chi connectivity index (χ2v) is 9.85. The van der Waals surface area contributed by atoms with Crippen LogP contribution in [0, 0.1) is 23.0 Å². The molecular weight excluding hydrogens is 422 g/mol. The van der Waals surface area contributed by atoms with Crippen LogP contribution in [0.25, 0.3) is 0 Å². The fraction of sp³-hybridized carbons (Fsp3) is 0.350. The van der Waals surface area contributed by atoms with E-state index >= 15 is 4.39 Å². The minimum absolute atomic E-state index is 0.0265. The highest BCUT2D eigenvalue weighted by molar-refractivity contribution is 7.92. The van der Waals surface area contributed by atoms with E-state index in [0.29, 0.717) is 11.4 Å². The summed E-state index contributed by atoms with van der Waals surface area (Å²) in [6.07, 6.45) is 0.511. The Kier molecular flexibility index (Phi) is 5.01. The van der Waals surface area contributed by atoms with E-state index in [1.165, 1.54) is 24.3 Å². The van der Waals surface area contributed by atoms with Gasteiger partial charge in [-0.25, -0.2) is 17.2 Å². The number of nitrogens with one attached hydrogen (secondary N) is 1. The summed E-state index contributed by atoms with van der Waals surface area (Å²) in [7, 11) is -4.18. The van der Waals surface area contributed by atoms with Crippen LogP contribution in [0.3, 0.4) is 0 Å². The van der Waals surface area contributed by atoms with Gasteiger partial charge in [0.05, 0.1) is 29.0 Å². The van der Waals surface area contributed by atoms with Gasteiger partial charge < -0.3 is 10.1 Å². The average Bonchev–Trinajstić information content (AvgIpc) is 2.70. The van der Waals surface area contributed by atoms with Crippen molar-refractivity contribution >= 4 is 21.4 Å². The molecule has 4 rings (SSSR count). The van der Waals surface area contributed by atoms with Crippen LogP contribution in [0.2, 0.25) is 5.02 Å². The van der Waals surface area contributed by atoms with Crippen molar-refractivity contribution in [3.8, 4) is 11.8 Å². The first-order chi connectivity index (χ1) is 13.8. The fourth-order valence-electron chi connectivity index (χ4n) is 4.33. The molecule has 2 aromatic carbocycles. The number of rotatable bonds is 3. The van der Waals surface area contributed by atoms with E-state index < -0.39 is 32.3 Å². The Hall–Kier alpha value is -2.21. The zero-order valence-electron chi connectivity index (χ0n) is 15.2. The molecule has 1 unspecified atom stereocenters. The Morgan fingerprint density at radius 3 is 2.59 bits per heavy atom. The quantitative estimate of drug-likeness (QED) is 0.790. The topological polar surface area (TPSA) is 79.2 Å². The van der Waals surface area contributed by atoms with Gasteiger partial charge in [-0.2, -0.15) is 5.26 Å². The molecule has 152 valence electrons. The molecule has 2 aliphatic rings. The Labute approximate surface area is 172 Å². The number of benzene rings is 2. The Morgan fingerprint density at radius 2 is 1.90 bits per heavy atom. The van der Waals surface area contributed by atoms with Gasteiger partial charge in [0.1, 0.15) is 17.2 Å². The van der Waals surface area contributed by atoms with E-state index in [0.717, 1.165) is 12.1 Å². The molecule has 9 heteroatoms. The van der Waals surface area contributed by atoms with E-state index in [9.17, 15) is 12.8 Å². The standard InChI is InChI=1S/C20H17ClF2N2O3S/c21-12-1-3-14(4-2-12)29(26,27)20-9-7-13(8-10-24)25-17(20)11-28-19-16(23)6-5-15(22)18(19)20/h1-6,13,17,25H,7-9,11H2/t13-,17+,20?/m0/s1. The summed E-state index contributed by atoms with van der Waals surface area (Å²) in [5.74, 6) is -2.03. The summed E-state index contributed by atoms with van der Waals surface area (Å²) >= 11 is 5.90. The van der Waals surface area contributed by atoms with Crippen molar-refractivity contribution in [3.63, 3.8) is 0 Å². The SMILES string of the molecule is N#CC[C@@H]1CCC2(S(=O)(=O)c3ccc(Cl)cc3)c3c(F)ccc(F)c3OC[C@H]2N1. The van der Waals surface area contributed by atoms with Crippen LogP contribution in [0.5, 0.6) is 5.75 Å². The molecule has 0 aliphatic carbocycles. The number of piperidine rings is 1. The summed E-state index contributed by atoms with van der Waals surface area (Å²) in [6, 6.07) is 8.39. The number of nitriles is 1. The van der Waals surface area contributed by atoms with Crippen LogP contribution in [0.15, 0.2) is 41.3 Å². The first-order valence-electron chi connectivity index (χ1n) is 9.05. The molecule has 0 saturated carbocycles. The number of sulfone groups is 1. The van der Waals surface area contributed by atoms with Crippen molar-refractivity contribution in [1.82, 2.24) is 5.32 Å². The first-order valence-corrected chi connectivity index (χ1v) is 10.9. The monoisotopic (exact) mass is 438 g/mol. The smallest absolute Gasteiger partial charge is 0.190 e. The fourth-order valence-corrected chi connectivity index (χ4v) is 6.73. The summed E-state index contributed by atoms with van der Waals surface area (Å²) in [4.78, 5) is -0.0380. The molecule has 3 atom stereocenters. The highest BCUT2D eigenvalue weighted by atomic mass is 35.5. The molecule has 2 aromatic rings. The summed E-state index contributed by atoms with van der Waals surface area (Å²) in [5, 5.41) is 12.5. The molecule has 1 N–H and O–H groups in total. The number of ether oxygens (including phenoxy) is 1. The maximum absolute atomic E-state index is 15.0. The van der Waals surface area contributed by atoms with Crippen molar-refractivity contribution in [3.05, 3.63) is 58.6 Å². The van der Waals surface area contributed by atoms with Gasteiger partial charge in [0.2, 0.25) is 0 Å². The van der Waals surface area contributed by atoms with Gasteiger partial charge in [0.25, 0.3) is 0 Å². The number of halogens is 3. The highest BCUT2D eigenvalue weighted by Crippen LogP contribution is 2.52. The van der Waals surface area contributed by atoms with Gasteiger partial charge in [-0.3, -0.25) is 0 Å². The molecular formula is C20H17ClF2N2O3S. The predicted octanol–water partition coefficient (Wildman–Crippen LogP) is 3.71. The number of fused-ring (bicyclic) bond motifs is 3. The second-order valence-electron chi connectivity index (χ2n) is 7.21. The molecule has 29 heavy (non-hydrogen) atoms. The zero-order chi connectivity index (χ0) is 20.8. The van der Waals surface area contributed by atoms with Gasteiger partial charge in [0.15, 0.2) is 21.4 Å². The lowest BCUT2D eigenvalue weighted by molar-refractivity contribution is 0.137. The lowest BCUT2D eigenvalue weighted by atomic mass is 9.79. The molecule has 0 radical (unpaired) electrons. The van der Waals surface area contributed by atoms with Gasteiger partial charge in [0, 0.05) is 11.1 Å². The van der Waals surface area contributed by atoms with Gasteiger partial charge in [-0.1, -0.05) is 11.6 Å². The molecule has 0 bridgehead atoms. The molecule has 5 nitrogen and oxygen atoms in total. The van der Waals surface area contributed by atoms with Gasteiger partial charge in [-0.05, 0) is 49.2 Å². The van der Waals surface area contributed by atoms with Crippen LogP contribution in [0.1, 0.15) is 24.8 Å². The van der Waals surface area contributed by atoms with E-state index in [2.05, 4.69) is 11.4 Å². The van der Waals surface area contributed by atoms with Crippen molar-refractivity contribution in [1.29, 1.82) is 5.26 Å². The summed E-state index contributed by atoms with van der Waals surface area (Å²) in [5.41, 5.74) is -0.299. The lowest BCUT2D eigenvalue weighted by Crippen LogP contribution is -2.64. The van der Waals surface area contributed by atoms with Crippen LogP contribution in [-0.2, 0) is 14.6 Å². The number of nitrogens with zero attached hydrogens (tertiary/aromatic N) is 1. The third kappa shape index (κ3) is 3.00. The van der Waals surface area contributed by atoms with Crippen molar-refractivity contribution in [2.24, 2.45) is 0 Å². The van der Waals surface area contributed by atoms with Crippen LogP contribution >= 0.6 is 11.6 Å². The third-order valence-corrected chi connectivity index (χ3v) is 8.48. The molecule has 0 amide bonds. The predicted molar refractivity (Wildman–Crippen MR) is 102 cm³/mol. The van der Waals surface area contributed by atoms with E-state index in [4.69, 9.17) is 21.6 Å². The lowest BCUT2D eigenvalue weighted by Gasteiger charge is -2.49.